The van der Waals surface area contributed by atoms with E-state index < -0.39 is 5.60 Å². The predicted octanol–water partition coefficient (Wildman–Crippen LogP) is 2.74. The highest BCUT2D eigenvalue weighted by atomic mass is 16.5. The topological polar surface area (TPSA) is 104 Å². The van der Waals surface area contributed by atoms with E-state index in [1.165, 1.54) is 0 Å². The lowest BCUT2D eigenvalue weighted by Crippen LogP contribution is -2.51. The van der Waals surface area contributed by atoms with Crippen LogP contribution in [-0.4, -0.2) is 48.0 Å². The number of methoxy groups -OCH3 is 1. The van der Waals surface area contributed by atoms with Crippen LogP contribution in [0.4, 0.5) is 0 Å². The van der Waals surface area contributed by atoms with Gasteiger partial charge in [-0.2, -0.15) is 0 Å². The Hall–Kier alpha value is -1.41. The fourth-order valence-corrected chi connectivity index (χ4v) is 6.07. The van der Waals surface area contributed by atoms with Gasteiger partial charge in [-0.05, 0) is 67.9 Å². The molecule has 7 nitrogen and oxygen atoms in total. The van der Waals surface area contributed by atoms with Crippen molar-refractivity contribution in [2.75, 3.05) is 20.3 Å². The van der Waals surface area contributed by atoms with Gasteiger partial charge in [0.1, 0.15) is 18.1 Å². The van der Waals surface area contributed by atoms with Gasteiger partial charge in [0.25, 0.3) is 0 Å². The van der Waals surface area contributed by atoms with E-state index >= 15 is 0 Å². The Bertz CT molecular complexity index is 744. The first-order valence-electron chi connectivity index (χ1n) is 11.5. The summed E-state index contributed by atoms with van der Waals surface area (Å²) in [5, 5.41) is 26.8. The summed E-state index contributed by atoms with van der Waals surface area (Å²) in [5.41, 5.74) is -0.636. The van der Waals surface area contributed by atoms with E-state index in [1.807, 2.05) is 13.0 Å². The zero-order chi connectivity index (χ0) is 22.7. The van der Waals surface area contributed by atoms with Gasteiger partial charge < -0.3 is 30.0 Å². The largest absolute Gasteiger partial charge is 0.462 e. The molecule has 2 saturated carbocycles. The van der Waals surface area contributed by atoms with Crippen LogP contribution in [0.5, 0.6) is 0 Å². The van der Waals surface area contributed by atoms with Crippen molar-refractivity contribution in [3.8, 4) is 0 Å². The second-order valence-corrected chi connectivity index (χ2v) is 10.5. The Morgan fingerprint density at radius 2 is 1.97 bits per heavy atom. The molecule has 2 aliphatic carbocycles. The normalized spacial score (nSPS) is 32.1. The highest BCUT2D eigenvalue weighted by Gasteiger charge is 2.61. The molecular weight excluding hydrogens is 396 g/mol. The average Bonchev–Trinajstić information content (AvgIpc) is 3.26. The maximum atomic E-state index is 12.5. The van der Waals surface area contributed by atoms with Crippen molar-refractivity contribution >= 4 is 5.91 Å². The van der Waals surface area contributed by atoms with E-state index in [9.17, 15) is 15.0 Å². The van der Waals surface area contributed by atoms with Crippen LogP contribution in [0.25, 0.3) is 0 Å². The predicted molar refractivity (Wildman–Crippen MR) is 118 cm³/mol. The molecule has 1 amide bonds. The second kappa shape index (κ2) is 9.61. The number of nitrogens with one attached hydrogen (secondary N) is 2. The molecule has 4 atom stereocenters. The minimum atomic E-state index is -0.655. The summed E-state index contributed by atoms with van der Waals surface area (Å²) >= 11 is 0. The standard InChI is InChI=1S/C24H40N2O5/c1-22(2)14-20(26-15-17-5-6-18(16-27)31-17)24(8-7-21(28)25-11-12-30-4)10-9-23(3,29)13-19(22)24/h5-6,19-20,26-27,29H,7-16H2,1-4H3,(H,25,28)/t19-,20-,23+,24+/m0/s1. The van der Waals surface area contributed by atoms with Crippen molar-refractivity contribution in [2.24, 2.45) is 16.7 Å². The number of amides is 1. The van der Waals surface area contributed by atoms with E-state index in [0.717, 1.165) is 37.9 Å². The summed E-state index contributed by atoms with van der Waals surface area (Å²) in [6.07, 6.45) is 4.68. The maximum absolute atomic E-state index is 12.5. The lowest BCUT2D eigenvalue weighted by molar-refractivity contribution is -0.123. The number of rotatable bonds is 10. The Balaban J connectivity index is 1.76. The van der Waals surface area contributed by atoms with Gasteiger partial charge in [0.15, 0.2) is 0 Å². The number of aliphatic hydroxyl groups excluding tert-OH is 1. The number of hydrogen-bond acceptors (Lipinski definition) is 6. The van der Waals surface area contributed by atoms with Crippen LogP contribution in [-0.2, 0) is 22.7 Å². The first kappa shape index (κ1) is 24.2. The van der Waals surface area contributed by atoms with Crippen molar-refractivity contribution < 1.29 is 24.2 Å². The van der Waals surface area contributed by atoms with E-state index in [4.69, 9.17) is 9.15 Å². The van der Waals surface area contributed by atoms with E-state index in [-0.39, 0.29) is 29.4 Å². The van der Waals surface area contributed by atoms with Crippen LogP contribution in [0.15, 0.2) is 16.5 Å². The number of aliphatic hydroxyl groups is 2. The van der Waals surface area contributed by atoms with Gasteiger partial charge in [0, 0.05) is 26.1 Å². The summed E-state index contributed by atoms with van der Waals surface area (Å²) < 4.78 is 10.7. The number of furan rings is 1. The summed E-state index contributed by atoms with van der Waals surface area (Å²) in [4.78, 5) is 12.5. The van der Waals surface area contributed by atoms with Gasteiger partial charge in [-0.25, -0.2) is 0 Å². The smallest absolute Gasteiger partial charge is 0.220 e. The fourth-order valence-electron chi connectivity index (χ4n) is 6.07. The van der Waals surface area contributed by atoms with Gasteiger partial charge >= 0.3 is 0 Å². The third-order valence-corrected chi connectivity index (χ3v) is 7.68. The molecule has 0 spiro atoms. The highest BCUT2D eigenvalue weighted by molar-refractivity contribution is 5.75. The Kier molecular flexibility index (Phi) is 7.51. The number of ether oxygens (including phenoxy) is 1. The van der Waals surface area contributed by atoms with Crippen LogP contribution in [0.2, 0.25) is 0 Å². The fraction of sp³-hybridized carbons (Fsp3) is 0.792. The maximum Gasteiger partial charge on any atom is 0.220 e. The minimum absolute atomic E-state index is 0.0449. The first-order valence-corrected chi connectivity index (χ1v) is 11.5. The molecule has 0 aliphatic heterocycles. The second-order valence-electron chi connectivity index (χ2n) is 10.5. The average molecular weight is 437 g/mol. The van der Waals surface area contributed by atoms with Gasteiger partial charge in [-0.15, -0.1) is 0 Å². The number of hydrogen-bond donors (Lipinski definition) is 4. The summed E-state index contributed by atoms with van der Waals surface area (Å²) in [6, 6.07) is 3.94. The lowest BCUT2D eigenvalue weighted by Gasteiger charge is -2.51. The Morgan fingerprint density at radius 3 is 2.65 bits per heavy atom. The van der Waals surface area contributed by atoms with Crippen molar-refractivity contribution in [1.82, 2.24) is 10.6 Å². The molecule has 0 aromatic carbocycles. The molecule has 0 radical (unpaired) electrons. The number of carbonyl (C=O) groups excluding carboxylic acids is 1. The SMILES string of the molecule is COCCNC(=O)CC[C@@]12CC[C@@](C)(O)C[C@H]1C(C)(C)C[C@@H]2NCc1ccc(CO)o1. The zero-order valence-electron chi connectivity index (χ0n) is 19.5. The molecule has 1 aromatic heterocycles. The molecule has 7 heteroatoms. The van der Waals surface area contributed by atoms with Crippen LogP contribution in [0.3, 0.4) is 0 Å². The van der Waals surface area contributed by atoms with Gasteiger partial charge in [-0.3, -0.25) is 4.79 Å². The summed E-state index contributed by atoms with van der Waals surface area (Å²) in [5.74, 6) is 1.76. The molecule has 2 fully saturated rings. The number of fused-ring (bicyclic) bond motifs is 1. The van der Waals surface area contributed by atoms with Crippen LogP contribution < -0.4 is 10.6 Å². The highest BCUT2D eigenvalue weighted by Crippen LogP contribution is 2.63. The Morgan fingerprint density at radius 1 is 1.23 bits per heavy atom. The quantitative estimate of drug-likeness (QED) is 0.421. The monoisotopic (exact) mass is 436 g/mol. The van der Waals surface area contributed by atoms with Crippen LogP contribution >= 0.6 is 0 Å². The molecule has 4 N–H and O–H groups in total. The van der Waals surface area contributed by atoms with Crippen molar-refractivity contribution in [3.05, 3.63) is 23.7 Å². The van der Waals surface area contributed by atoms with E-state index in [0.29, 0.717) is 37.8 Å². The molecule has 0 unspecified atom stereocenters. The van der Waals surface area contributed by atoms with Crippen molar-refractivity contribution in [2.45, 2.75) is 84.1 Å². The van der Waals surface area contributed by atoms with Crippen molar-refractivity contribution in [1.29, 1.82) is 0 Å². The van der Waals surface area contributed by atoms with Gasteiger partial charge in [0.2, 0.25) is 5.91 Å². The van der Waals surface area contributed by atoms with E-state index in [1.54, 1.807) is 13.2 Å². The summed E-state index contributed by atoms with van der Waals surface area (Å²) in [7, 11) is 1.63. The summed E-state index contributed by atoms with van der Waals surface area (Å²) in [6.45, 7) is 8.07. The first-order chi connectivity index (χ1) is 14.6. The molecular formula is C24H40N2O5. The third-order valence-electron chi connectivity index (χ3n) is 7.68. The molecule has 1 heterocycles. The molecule has 31 heavy (non-hydrogen) atoms. The molecule has 3 rings (SSSR count). The molecule has 0 bridgehead atoms. The lowest BCUT2D eigenvalue weighted by atomic mass is 9.57. The molecule has 176 valence electrons. The molecule has 1 aromatic rings. The van der Waals surface area contributed by atoms with Gasteiger partial charge in [-0.1, -0.05) is 13.8 Å². The van der Waals surface area contributed by atoms with E-state index in [2.05, 4.69) is 24.5 Å². The zero-order valence-corrected chi connectivity index (χ0v) is 19.5. The van der Waals surface area contributed by atoms with Crippen LogP contribution in [0.1, 0.15) is 70.8 Å². The minimum Gasteiger partial charge on any atom is -0.462 e. The third kappa shape index (κ3) is 5.51. The van der Waals surface area contributed by atoms with Crippen molar-refractivity contribution in [3.63, 3.8) is 0 Å². The molecule has 0 saturated heterocycles. The Labute approximate surface area is 185 Å². The van der Waals surface area contributed by atoms with Gasteiger partial charge in [0.05, 0.1) is 18.8 Å². The molecule has 2 aliphatic rings. The van der Waals surface area contributed by atoms with Crippen LogP contribution in [0, 0.1) is 16.7 Å². The number of carbonyl (C=O) groups is 1.